The van der Waals surface area contributed by atoms with Crippen LogP contribution in [0.2, 0.25) is 0 Å². The van der Waals surface area contributed by atoms with Gasteiger partial charge in [0.05, 0.1) is 0 Å². The summed E-state index contributed by atoms with van der Waals surface area (Å²) in [5.74, 6) is 0.648. The fourth-order valence-corrected chi connectivity index (χ4v) is 1.19. The molecule has 0 fully saturated rings. The predicted molar refractivity (Wildman–Crippen MR) is 69.1 cm³/mol. The molecule has 0 amide bonds. The minimum Gasteiger partial charge on any atom is -0.378 e. The van der Waals surface area contributed by atoms with Crippen LogP contribution in [0.1, 0.15) is 27.7 Å². The van der Waals surface area contributed by atoms with Gasteiger partial charge in [-0.05, 0) is 40.0 Å². The number of nitrogens with zero attached hydrogens (tertiary/aromatic N) is 2. The van der Waals surface area contributed by atoms with Gasteiger partial charge in [0.1, 0.15) is 12.5 Å². The van der Waals surface area contributed by atoms with Gasteiger partial charge in [-0.2, -0.15) is 0 Å². The molecule has 0 aliphatic heterocycles. The van der Waals surface area contributed by atoms with Crippen LogP contribution in [0, 0.1) is 11.8 Å². The quantitative estimate of drug-likeness (QED) is 0.600. The molecule has 4 nitrogen and oxygen atoms in total. The zero-order valence-corrected chi connectivity index (χ0v) is 13.4. The zero-order valence-electron chi connectivity index (χ0n) is 12.4. The Morgan fingerprint density at radius 3 is 0.824 bits per heavy atom. The molecular formula is C12H30N2NiO2. The first-order valence-electron chi connectivity index (χ1n) is 5.80. The first-order chi connectivity index (χ1) is 7.11. The average molecular weight is 293 g/mol. The Kier molecular flexibility index (Phi) is 15.1. The molecule has 110 valence electrons. The maximum atomic E-state index is 9.13. The van der Waals surface area contributed by atoms with E-state index in [9.17, 15) is 0 Å². The van der Waals surface area contributed by atoms with Crippen LogP contribution in [0.5, 0.6) is 0 Å². The average Bonchev–Trinajstić information content (AvgIpc) is 2.15. The summed E-state index contributed by atoms with van der Waals surface area (Å²) in [4.78, 5) is 3.59. The van der Waals surface area contributed by atoms with E-state index < -0.39 is 0 Å². The van der Waals surface area contributed by atoms with Crippen LogP contribution in [0.4, 0.5) is 0 Å². The van der Waals surface area contributed by atoms with Crippen LogP contribution in [-0.4, -0.2) is 60.7 Å². The van der Waals surface area contributed by atoms with Gasteiger partial charge in [0.15, 0.2) is 0 Å². The molecule has 0 bridgehead atoms. The third kappa shape index (κ3) is 12.6. The van der Waals surface area contributed by atoms with Gasteiger partial charge in [-0.3, -0.25) is 9.80 Å². The van der Waals surface area contributed by atoms with E-state index in [1.54, 1.807) is 9.80 Å². The van der Waals surface area contributed by atoms with Gasteiger partial charge in [-0.1, -0.05) is 27.7 Å². The van der Waals surface area contributed by atoms with Crippen molar-refractivity contribution in [2.24, 2.45) is 11.8 Å². The van der Waals surface area contributed by atoms with Crippen molar-refractivity contribution in [3.05, 3.63) is 0 Å². The van der Waals surface area contributed by atoms with Gasteiger partial charge >= 0.3 is 0 Å². The largest absolute Gasteiger partial charge is 0.378 e. The molecule has 0 aromatic rings. The first kappa shape index (κ1) is 22.5. The molecule has 5 heteroatoms. The normalized spacial score (nSPS) is 14.5. The molecule has 17 heavy (non-hydrogen) atoms. The molecule has 0 spiro atoms. The van der Waals surface area contributed by atoms with Crippen LogP contribution in [-0.2, 0) is 16.5 Å². The van der Waals surface area contributed by atoms with Crippen molar-refractivity contribution in [2.75, 3.05) is 28.2 Å². The van der Waals surface area contributed by atoms with E-state index in [2.05, 4.69) is 0 Å². The van der Waals surface area contributed by atoms with Crippen molar-refractivity contribution in [3.8, 4) is 0 Å². The summed E-state index contributed by atoms with van der Waals surface area (Å²) in [6, 6.07) is 0. The summed E-state index contributed by atoms with van der Waals surface area (Å²) in [5.41, 5.74) is 0. The Morgan fingerprint density at radius 2 is 0.824 bits per heavy atom. The van der Waals surface area contributed by atoms with E-state index in [0.29, 0.717) is 11.8 Å². The molecule has 0 aliphatic carbocycles. The molecule has 0 rings (SSSR count). The summed E-state index contributed by atoms with van der Waals surface area (Å²) in [5, 5.41) is 18.3. The maximum absolute atomic E-state index is 9.13. The van der Waals surface area contributed by atoms with Crippen molar-refractivity contribution in [2.45, 2.75) is 40.2 Å². The number of rotatable bonds is 4. The molecule has 2 unspecified atom stereocenters. The minimum absolute atomic E-state index is 0. The van der Waals surface area contributed by atoms with Gasteiger partial charge < -0.3 is 10.2 Å². The molecular weight excluding hydrogens is 263 g/mol. The molecule has 0 aromatic heterocycles. The topological polar surface area (TPSA) is 46.9 Å². The van der Waals surface area contributed by atoms with E-state index in [1.807, 2.05) is 55.9 Å². The Balaban J connectivity index is -0.000000218. The van der Waals surface area contributed by atoms with Crippen molar-refractivity contribution in [1.29, 1.82) is 0 Å². The predicted octanol–water partition coefficient (Wildman–Crippen LogP) is 1.04. The van der Waals surface area contributed by atoms with E-state index in [4.69, 9.17) is 10.2 Å². The standard InChI is InChI=1S/2C6H15NO.Ni/c2*1-5(2)6(8)7(3)4;/h2*5-6,8H,1-4H3;. The number of aliphatic hydroxyl groups is 2. The van der Waals surface area contributed by atoms with Gasteiger partial charge in [0.2, 0.25) is 0 Å². The zero-order chi connectivity index (χ0) is 13.5. The van der Waals surface area contributed by atoms with Crippen LogP contribution >= 0.6 is 0 Å². The molecule has 0 saturated carbocycles. The summed E-state index contributed by atoms with van der Waals surface area (Å²) >= 11 is 0. The summed E-state index contributed by atoms with van der Waals surface area (Å²) < 4.78 is 0. The monoisotopic (exact) mass is 292 g/mol. The Hall–Kier alpha value is 0.334. The van der Waals surface area contributed by atoms with Crippen LogP contribution in [0.25, 0.3) is 0 Å². The van der Waals surface area contributed by atoms with Crippen molar-refractivity contribution in [3.63, 3.8) is 0 Å². The number of hydrogen-bond donors (Lipinski definition) is 2. The molecule has 2 atom stereocenters. The molecule has 2 N–H and O–H groups in total. The molecule has 0 radical (unpaired) electrons. The summed E-state index contributed by atoms with van der Waals surface area (Å²) in [6.07, 6.45) is -0.593. The first-order valence-corrected chi connectivity index (χ1v) is 5.80. The fourth-order valence-electron chi connectivity index (χ4n) is 1.19. The Morgan fingerprint density at radius 1 is 0.647 bits per heavy atom. The third-order valence-electron chi connectivity index (χ3n) is 2.25. The van der Waals surface area contributed by atoms with Crippen LogP contribution < -0.4 is 0 Å². The Bertz CT molecular complexity index is 131. The smallest absolute Gasteiger partial charge is 0.109 e. The maximum Gasteiger partial charge on any atom is 0.109 e. The number of aliphatic hydroxyl groups excluding tert-OH is 2. The van der Waals surface area contributed by atoms with Crippen molar-refractivity contribution < 1.29 is 26.7 Å². The van der Waals surface area contributed by atoms with E-state index in [0.717, 1.165) is 0 Å². The van der Waals surface area contributed by atoms with Crippen LogP contribution in [0.3, 0.4) is 0 Å². The van der Waals surface area contributed by atoms with Gasteiger partial charge in [0.25, 0.3) is 0 Å². The second-order valence-corrected chi connectivity index (χ2v) is 5.24. The van der Waals surface area contributed by atoms with Gasteiger partial charge in [0, 0.05) is 16.5 Å². The second-order valence-electron chi connectivity index (χ2n) is 5.24. The fraction of sp³-hybridized carbons (Fsp3) is 1.00. The van der Waals surface area contributed by atoms with Gasteiger partial charge in [-0.15, -0.1) is 0 Å². The SMILES string of the molecule is CC(C)C(O)N(C)C.CC(C)C(O)N(C)C.[Ni]. The molecule has 0 heterocycles. The summed E-state index contributed by atoms with van der Waals surface area (Å²) in [7, 11) is 7.46. The Labute approximate surface area is 117 Å². The molecule has 0 aliphatic rings. The van der Waals surface area contributed by atoms with E-state index >= 15 is 0 Å². The third-order valence-corrected chi connectivity index (χ3v) is 2.25. The minimum atomic E-state index is -0.296. The second kappa shape index (κ2) is 11.4. The summed E-state index contributed by atoms with van der Waals surface area (Å²) in [6.45, 7) is 7.96. The van der Waals surface area contributed by atoms with Crippen molar-refractivity contribution in [1.82, 2.24) is 9.80 Å². The number of hydrogen-bond acceptors (Lipinski definition) is 4. The van der Waals surface area contributed by atoms with E-state index in [1.165, 1.54) is 0 Å². The molecule has 0 saturated heterocycles. The van der Waals surface area contributed by atoms with Crippen LogP contribution in [0.15, 0.2) is 0 Å². The van der Waals surface area contributed by atoms with Gasteiger partial charge in [-0.25, -0.2) is 0 Å². The van der Waals surface area contributed by atoms with Crippen molar-refractivity contribution >= 4 is 0 Å². The van der Waals surface area contributed by atoms with E-state index in [-0.39, 0.29) is 28.9 Å². The molecule has 0 aromatic carbocycles.